The van der Waals surface area contributed by atoms with Crippen molar-refractivity contribution in [1.82, 2.24) is 4.90 Å². The quantitative estimate of drug-likeness (QED) is 0.578. The van der Waals surface area contributed by atoms with Crippen molar-refractivity contribution in [1.29, 1.82) is 0 Å². The Kier molecular flexibility index (Phi) is 5.52. The van der Waals surface area contributed by atoms with E-state index in [9.17, 15) is 9.59 Å². The average Bonchev–Trinajstić information content (AvgIpc) is 2.09. The van der Waals surface area contributed by atoms with Gasteiger partial charge < -0.3 is 4.74 Å². The molecule has 0 saturated carbocycles. The third-order valence-electron chi connectivity index (χ3n) is 1.47. The summed E-state index contributed by atoms with van der Waals surface area (Å²) in [7, 11) is 0. The van der Waals surface area contributed by atoms with E-state index in [-0.39, 0.29) is 6.54 Å². The molecule has 0 saturated heterocycles. The van der Waals surface area contributed by atoms with Crippen LogP contribution in [0.4, 0.5) is 4.79 Å². The topological polar surface area (TPSA) is 46.6 Å². The molecule has 1 unspecified atom stereocenters. The lowest BCUT2D eigenvalue weighted by molar-refractivity contribution is -0.128. The van der Waals surface area contributed by atoms with Crippen molar-refractivity contribution in [2.75, 3.05) is 6.54 Å². The summed E-state index contributed by atoms with van der Waals surface area (Å²) in [5.74, 6) is 1.84. The van der Waals surface area contributed by atoms with Gasteiger partial charge in [0.25, 0.3) is 0 Å². The lowest BCUT2D eigenvalue weighted by Gasteiger charge is -2.25. The van der Waals surface area contributed by atoms with Gasteiger partial charge in [-0.25, -0.2) is 9.69 Å². The lowest BCUT2D eigenvalue weighted by Crippen LogP contribution is -2.43. The minimum Gasteiger partial charge on any atom is -0.443 e. The zero-order valence-electron chi connectivity index (χ0n) is 9.91. The van der Waals surface area contributed by atoms with Gasteiger partial charge in [0.2, 0.25) is 5.91 Å². The highest BCUT2D eigenvalue weighted by Gasteiger charge is 2.28. The maximum Gasteiger partial charge on any atom is 0.417 e. The fourth-order valence-electron chi connectivity index (χ4n) is 0.855. The Bertz CT molecular complexity index is 312. The third kappa shape index (κ3) is 5.17. The van der Waals surface area contributed by atoms with E-state index < -0.39 is 22.4 Å². The minimum atomic E-state index is -0.721. The molecular formula is C11H16BrNO3. The van der Waals surface area contributed by atoms with E-state index in [2.05, 4.69) is 21.9 Å². The molecule has 90 valence electrons. The number of imide groups is 1. The van der Waals surface area contributed by atoms with Crippen molar-refractivity contribution in [3.63, 3.8) is 0 Å². The second kappa shape index (κ2) is 5.90. The molecule has 0 heterocycles. The van der Waals surface area contributed by atoms with Gasteiger partial charge in [0.1, 0.15) is 5.60 Å². The zero-order chi connectivity index (χ0) is 12.9. The van der Waals surface area contributed by atoms with Gasteiger partial charge in [0.15, 0.2) is 0 Å². The molecule has 2 amide bonds. The van der Waals surface area contributed by atoms with Crippen molar-refractivity contribution < 1.29 is 14.3 Å². The second-order valence-corrected chi connectivity index (χ2v) is 5.60. The number of halogens is 1. The van der Waals surface area contributed by atoms with E-state index in [0.717, 1.165) is 4.90 Å². The molecule has 0 rings (SSSR count). The van der Waals surface area contributed by atoms with Crippen LogP contribution in [0.1, 0.15) is 27.7 Å². The average molecular weight is 290 g/mol. The molecule has 0 aromatic rings. The highest BCUT2D eigenvalue weighted by atomic mass is 79.9. The standard InChI is InChI=1S/C11H16BrNO3/c1-6-7-13(9(14)8(2)12)10(15)16-11(3,4)5/h1,8H,7H2,2-5H3. The summed E-state index contributed by atoms with van der Waals surface area (Å²) in [5, 5.41) is 0. The summed E-state index contributed by atoms with van der Waals surface area (Å²) in [6, 6.07) is 0. The summed E-state index contributed by atoms with van der Waals surface area (Å²) in [4.78, 5) is 23.7. The number of amides is 2. The van der Waals surface area contributed by atoms with Crippen molar-refractivity contribution in [3.8, 4) is 12.3 Å². The van der Waals surface area contributed by atoms with E-state index >= 15 is 0 Å². The van der Waals surface area contributed by atoms with Gasteiger partial charge in [-0.3, -0.25) is 4.79 Å². The van der Waals surface area contributed by atoms with Crippen LogP contribution < -0.4 is 0 Å². The van der Waals surface area contributed by atoms with Crippen molar-refractivity contribution in [2.24, 2.45) is 0 Å². The van der Waals surface area contributed by atoms with Crippen LogP contribution in [-0.2, 0) is 9.53 Å². The predicted molar refractivity (Wildman–Crippen MR) is 65.2 cm³/mol. The molecule has 4 nitrogen and oxygen atoms in total. The molecule has 0 spiro atoms. The van der Waals surface area contributed by atoms with Crippen LogP contribution in [0.5, 0.6) is 0 Å². The van der Waals surface area contributed by atoms with Crippen LogP contribution in [0.25, 0.3) is 0 Å². The number of hydrogen-bond donors (Lipinski definition) is 0. The van der Waals surface area contributed by atoms with E-state index in [1.807, 2.05) is 0 Å². The maximum atomic E-state index is 11.7. The van der Waals surface area contributed by atoms with Crippen LogP contribution in [0.2, 0.25) is 0 Å². The third-order valence-corrected chi connectivity index (χ3v) is 1.86. The molecule has 5 heteroatoms. The first kappa shape index (κ1) is 15.0. The Morgan fingerprint density at radius 1 is 1.50 bits per heavy atom. The molecule has 0 radical (unpaired) electrons. The first-order valence-corrected chi connectivity index (χ1v) is 5.72. The van der Waals surface area contributed by atoms with Crippen LogP contribution in [-0.4, -0.2) is 33.9 Å². The minimum absolute atomic E-state index is 0.0936. The number of rotatable bonds is 2. The van der Waals surface area contributed by atoms with Gasteiger partial charge in [-0.15, -0.1) is 6.42 Å². The molecule has 0 aliphatic rings. The summed E-state index contributed by atoms with van der Waals surface area (Å²) in [5.41, 5.74) is -0.653. The van der Waals surface area contributed by atoms with Gasteiger partial charge >= 0.3 is 6.09 Å². The Morgan fingerprint density at radius 3 is 2.31 bits per heavy atom. The van der Waals surface area contributed by atoms with E-state index in [1.165, 1.54) is 0 Å². The number of carbonyl (C=O) groups is 2. The van der Waals surface area contributed by atoms with Gasteiger partial charge in [-0.2, -0.15) is 0 Å². The number of alkyl halides is 1. The molecule has 0 aromatic heterocycles. The van der Waals surface area contributed by atoms with Crippen LogP contribution in [0.3, 0.4) is 0 Å². The van der Waals surface area contributed by atoms with Gasteiger partial charge in [-0.05, 0) is 27.7 Å². The van der Waals surface area contributed by atoms with Crippen molar-refractivity contribution in [3.05, 3.63) is 0 Å². The van der Waals surface area contributed by atoms with Gasteiger partial charge in [0.05, 0.1) is 11.4 Å². The molecule has 0 aliphatic heterocycles. The van der Waals surface area contributed by atoms with E-state index in [0.29, 0.717) is 0 Å². The Balaban J connectivity index is 4.74. The summed E-state index contributed by atoms with van der Waals surface area (Å²) in [6.45, 7) is 6.70. The molecule has 0 aromatic carbocycles. The van der Waals surface area contributed by atoms with Crippen LogP contribution >= 0.6 is 15.9 Å². The normalized spacial score (nSPS) is 12.5. The van der Waals surface area contributed by atoms with Crippen LogP contribution in [0, 0.1) is 12.3 Å². The Labute approximate surface area is 104 Å². The molecule has 0 aliphatic carbocycles. The molecule has 0 bridgehead atoms. The summed E-state index contributed by atoms with van der Waals surface area (Å²) in [6.07, 6.45) is 4.38. The summed E-state index contributed by atoms with van der Waals surface area (Å²) >= 11 is 3.09. The zero-order valence-corrected chi connectivity index (χ0v) is 11.5. The maximum absolute atomic E-state index is 11.7. The van der Waals surface area contributed by atoms with E-state index in [1.54, 1.807) is 27.7 Å². The number of hydrogen-bond acceptors (Lipinski definition) is 3. The fourth-order valence-corrected chi connectivity index (χ4v) is 1.10. The molecule has 16 heavy (non-hydrogen) atoms. The van der Waals surface area contributed by atoms with Gasteiger partial charge in [0, 0.05) is 0 Å². The van der Waals surface area contributed by atoms with Crippen LogP contribution in [0.15, 0.2) is 0 Å². The number of terminal acetylenes is 1. The summed E-state index contributed by atoms with van der Waals surface area (Å²) < 4.78 is 5.07. The largest absolute Gasteiger partial charge is 0.443 e. The first-order chi connectivity index (χ1) is 7.19. The lowest BCUT2D eigenvalue weighted by atomic mass is 10.2. The molecule has 1 atom stereocenters. The molecular weight excluding hydrogens is 274 g/mol. The number of nitrogens with zero attached hydrogens (tertiary/aromatic N) is 1. The fraction of sp³-hybridized carbons (Fsp3) is 0.636. The smallest absolute Gasteiger partial charge is 0.417 e. The first-order valence-electron chi connectivity index (χ1n) is 4.81. The number of ether oxygens (including phenoxy) is 1. The molecule has 0 N–H and O–H groups in total. The number of carbonyl (C=O) groups excluding carboxylic acids is 2. The predicted octanol–water partition coefficient (Wildman–Crippen LogP) is 2.17. The molecule has 0 fully saturated rings. The second-order valence-electron chi connectivity index (χ2n) is 4.22. The monoisotopic (exact) mass is 289 g/mol. The Hall–Kier alpha value is -1.02. The van der Waals surface area contributed by atoms with Gasteiger partial charge in [-0.1, -0.05) is 21.9 Å². The van der Waals surface area contributed by atoms with Crippen molar-refractivity contribution in [2.45, 2.75) is 38.1 Å². The Morgan fingerprint density at radius 2 is 2.00 bits per heavy atom. The van der Waals surface area contributed by atoms with Crippen molar-refractivity contribution >= 4 is 27.9 Å². The van der Waals surface area contributed by atoms with E-state index in [4.69, 9.17) is 11.2 Å². The highest BCUT2D eigenvalue weighted by molar-refractivity contribution is 9.10. The highest BCUT2D eigenvalue weighted by Crippen LogP contribution is 2.12. The SMILES string of the molecule is C#CCN(C(=O)OC(C)(C)C)C(=O)C(C)Br.